The van der Waals surface area contributed by atoms with E-state index in [2.05, 4.69) is 16.0 Å². The Hall–Kier alpha value is -3.15. The zero-order valence-electron chi connectivity index (χ0n) is 16.3. The minimum absolute atomic E-state index is 0.683. The molecule has 0 saturated heterocycles. The fourth-order valence-electron chi connectivity index (χ4n) is 3.27. The van der Waals surface area contributed by atoms with Gasteiger partial charge in [-0.3, -0.25) is 0 Å². The van der Waals surface area contributed by atoms with E-state index in [0.29, 0.717) is 17.9 Å². The number of nitrogens with one attached hydrogen (secondary N) is 1. The summed E-state index contributed by atoms with van der Waals surface area (Å²) in [4.78, 5) is 7.52. The Balaban J connectivity index is 1.95. The van der Waals surface area contributed by atoms with Crippen LogP contribution >= 0.6 is 0 Å². The van der Waals surface area contributed by atoms with E-state index in [9.17, 15) is 0 Å². The summed E-state index contributed by atoms with van der Waals surface area (Å²) in [5.74, 6) is 2.97. The van der Waals surface area contributed by atoms with Crippen molar-refractivity contribution >= 4 is 17.1 Å². The second-order valence-corrected chi connectivity index (χ2v) is 6.02. The van der Waals surface area contributed by atoms with Crippen LogP contribution in [0, 0.1) is 6.92 Å². The standard InChI is InChI=1S/C21H24N2O4/c1-13-15(21(27-5)19-18(20(13)26-4)22-12-23-19)8-6-7-14-9-10-16(24-2)17(11-14)25-3/h6-7,9-12H,8H2,1-5H3,(H,22,23)/b7-6+. The van der Waals surface area contributed by atoms with Gasteiger partial charge in [-0.15, -0.1) is 0 Å². The van der Waals surface area contributed by atoms with E-state index in [1.165, 1.54) is 0 Å². The molecule has 3 aromatic rings. The zero-order valence-corrected chi connectivity index (χ0v) is 16.3. The molecule has 1 heterocycles. The number of ether oxygens (including phenoxy) is 4. The van der Waals surface area contributed by atoms with Crippen molar-refractivity contribution in [3.63, 3.8) is 0 Å². The molecule has 0 radical (unpaired) electrons. The number of aromatic nitrogens is 2. The fraction of sp³-hybridized carbons (Fsp3) is 0.286. The number of imidazole rings is 1. The maximum atomic E-state index is 5.66. The maximum Gasteiger partial charge on any atom is 0.161 e. The second kappa shape index (κ2) is 8.03. The SMILES string of the molecule is COc1ccc(/C=C/Cc2c(C)c(OC)c3[nH]cnc3c2OC)cc1OC. The molecule has 0 aliphatic rings. The van der Waals surface area contributed by atoms with Gasteiger partial charge in [0.1, 0.15) is 16.8 Å². The topological polar surface area (TPSA) is 65.6 Å². The Bertz CT molecular complexity index is 976. The van der Waals surface area contributed by atoms with Crippen LogP contribution in [0.25, 0.3) is 17.1 Å². The Morgan fingerprint density at radius 1 is 0.963 bits per heavy atom. The largest absolute Gasteiger partial charge is 0.494 e. The van der Waals surface area contributed by atoms with Gasteiger partial charge in [0.15, 0.2) is 17.2 Å². The Labute approximate surface area is 158 Å². The highest BCUT2D eigenvalue weighted by molar-refractivity contribution is 5.90. The molecule has 2 aromatic carbocycles. The Morgan fingerprint density at radius 2 is 1.70 bits per heavy atom. The molecular weight excluding hydrogens is 344 g/mol. The number of rotatable bonds is 7. The number of hydrogen-bond donors (Lipinski definition) is 1. The van der Waals surface area contributed by atoms with Gasteiger partial charge >= 0.3 is 0 Å². The van der Waals surface area contributed by atoms with E-state index in [1.807, 2.05) is 31.2 Å². The smallest absolute Gasteiger partial charge is 0.161 e. The average Bonchev–Trinajstić information content (AvgIpc) is 3.17. The molecule has 1 N–H and O–H groups in total. The number of fused-ring (bicyclic) bond motifs is 1. The van der Waals surface area contributed by atoms with Crippen molar-refractivity contribution in [1.82, 2.24) is 9.97 Å². The van der Waals surface area contributed by atoms with Gasteiger partial charge in [-0.1, -0.05) is 18.2 Å². The molecular formula is C21H24N2O4. The van der Waals surface area contributed by atoms with Crippen LogP contribution in [0.3, 0.4) is 0 Å². The third-order valence-corrected chi connectivity index (χ3v) is 4.60. The van der Waals surface area contributed by atoms with Crippen molar-refractivity contribution in [1.29, 1.82) is 0 Å². The summed E-state index contributed by atoms with van der Waals surface area (Å²) in [5, 5.41) is 0. The quantitative estimate of drug-likeness (QED) is 0.678. The number of hydrogen-bond acceptors (Lipinski definition) is 5. The number of H-pyrrole nitrogens is 1. The van der Waals surface area contributed by atoms with Gasteiger partial charge in [-0.05, 0) is 31.0 Å². The zero-order chi connectivity index (χ0) is 19.4. The van der Waals surface area contributed by atoms with Crippen LogP contribution in [0.4, 0.5) is 0 Å². The molecule has 1 aromatic heterocycles. The van der Waals surface area contributed by atoms with E-state index < -0.39 is 0 Å². The minimum Gasteiger partial charge on any atom is -0.494 e. The van der Waals surface area contributed by atoms with E-state index in [0.717, 1.165) is 39.2 Å². The van der Waals surface area contributed by atoms with Crippen molar-refractivity contribution in [3.05, 3.63) is 47.3 Å². The molecule has 27 heavy (non-hydrogen) atoms. The first-order valence-corrected chi connectivity index (χ1v) is 8.59. The van der Waals surface area contributed by atoms with Crippen molar-refractivity contribution in [2.75, 3.05) is 28.4 Å². The van der Waals surface area contributed by atoms with E-state index >= 15 is 0 Å². The maximum absolute atomic E-state index is 5.66. The van der Waals surface area contributed by atoms with Crippen molar-refractivity contribution in [3.8, 4) is 23.0 Å². The number of aromatic amines is 1. The molecule has 0 amide bonds. The van der Waals surface area contributed by atoms with Crippen LogP contribution in [-0.4, -0.2) is 38.4 Å². The molecule has 0 aliphatic carbocycles. The summed E-state index contributed by atoms with van der Waals surface area (Å²) in [5.41, 5.74) is 4.72. The predicted molar refractivity (Wildman–Crippen MR) is 106 cm³/mol. The molecule has 0 unspecified atom stereocenters. The average molecular weight is 368 g/mol. The molecule has 6 nitrogen and oxygen atoms in total. The first-order chi connectivity index (χ1) is 13.1. The number of allylic oxidation sites excluding steroid dienone is 1. The lowest BCUT2D eigenvalue weighted by molar-refractivity contribution is 0.355. The van der Waals surface area contributed by atoms with Crippen molar-refractivity contribution in [2.45, 2.75) is 13.3 Å². The normalized spacial score (nSPS) is 11.1. The Kier molecular flexibility index (Phi) is 5.54. The van der Waals surface area contributed by atoms with Gasteiger partial charge in [0.2, 0.25) is 0 Å². The summed E-state index contributed by atoms with van der Waals surface area (Å²) in [6.45, 7) is 2.03. The van der Waals surface area contributed by atoms with Gasteiger partial charge in [-0.25, -0.2) is 4.98 Å². The molecule has 0 spiro atoms. The molecule has 0 saturated carbocycles. The third-order valence-electron chi connectivity index (χ3n) is 4.60. The molecule has 0 atom stereocenters. The van der Waals surface area contributed by atoms with Crippen LogP contribution in [0.1, 0.15) is 16.7 Å². The highest BCUT2D eigenvalue weighted by atomic mass is 16.5. The van der Waals surface area contributed by atoms with Crippen LogP contribution in [-0.2, 0) is 6.42 Å². The number of methoxy groups -OCH3 is 4. The van der Waals surface area contributed by atoms with E-state index in [1.54, 1.807) is 34.8 Å². The molecule has 0 fully saturated rings. The molecule has 3 rings (SSSR count). The third kappa shape index (κ3) is 3.43. The molecule has 0 aliphatic heterocycles. The first-order valence-electron chi connectivity index (χ1n) is 8.59. The number of benzene rings is 2. The van der Waals surface area contributed by atoms with E-state index in [4.69, 9.17) is 18.9 Å². The fourth-order valence-corrected chi connectivity index (χ4v) is 3.27. The van der Waals surface area contributed by atoms with Gasteiger partial charge in [0.05, 0.1) is 34.8 Å². The van der Waals surface area contributed by atoms with Gasteiger partial charge in [0.25, 0.3) is 0 Å². The van der Waals surface area contributed by atoms with Crippen LogP contribution < -0.4 is 18.9 Å². The lowest BCUT2D eigenvalue weighted by Crippen LogP contribution is -2.00. The monoisotopic (exact) mass is 368 g/mol. The van der Waals surface area contributed by atoms with Crippen LogP contribution in [0.15, 0.2) is 30.6 Å². The lowest BCUT2D eigenvalue weighted by Gasteiger charge is -2.15. The van der Waals surface area contributed by atoms with Gasteiger partial charge in [-0.2, -0.15) is 0 Å². The van der Waals surface area contributed by atoms with Crippen LogP contribution in [0.5, 0.6) is 23.0 Å². The predicted octanol–water partition coefficient (Wildman–Crippen LogP) is 4.16. The summed E-state index contributed by atoms with van der Waals surface area (Å²) >= 11 is 0. The lowest BCUT2D eigenvalue weighted by atomic mass is 10.0. The summed E-state index contributed by atoms with van der Waals surface area (Å²) in [6, 6.07) is 5.82. The Morgan fingerprint density at radius 3 is 2.37 bits per heavy atom. The first kappa shape index (κ1) is 18.6. The summed E-state index contributed by atoms with van der Waals surface area (Å²) in [6.07, 6.45) is 6.47. The van der Waals surface area contributed by atoms with Crippen molar-refractivity contribution in [2.24, 2.45) is 0 Å². The second-order valence-electron chi connectivity index (χ2n) is 6.02. The number of nitrogens with zero attached hydrogens (tertiary/aromatic N) is 1. The van der Waals surface area contributed by atoms with Gasteiger partial charge in [0, 0.05) is 11.1 Å². The summed E-state index contributed by atoms with van der Waals surface area (Å²) < 4.78 is 21.9. The highest BCUT2D eigenvalue weighted by Crippen LogP contribution is 2.39. The minimum atomic E-state index is 0.683. The highest BCUT2D eigenvalue weighted by Gasteiger charge is 2.19. The molecule has 6 heteroatoms. The van der Waals surface area contributed by atoms with Crippen LogP contribution in [0.2, 0.25) is 0 Å². The van der Waals surface area contributed by atoms with Crippen molar-refractivity contribution < 1.29 is 18.9 Å². The summed E-state index contributed by atoms with van der Waals surface area (Å²) in [7, 11) is 6.58. The molecule has 0 bridgehead atoms. The molecule has 142 valence electrons. The van der Waals surface area contributed by atoms with Gasteiger partial charge < -0.3 is 23.9 Å². The van der Waals surface area contributed by atoms with E-state index in [-0.39, 0.29) is 0 Å².